The molecule has 1 saturated heterocycles. The number of benzene rings is 1. The second kappa shape index (κ2) is 4.13. The maximum Gasteiger partial charge on any atom is 0.150 e. The lowest BCUT2D eigenvalue weighted by atomic mass is 9.86. The van der Waals surface area contributed by atoms with Gasteiger partial charge in [0.05, 0.1) is 0 Å². The number of rotatable bonds is 2. The van der Waals surface area contributed by atoms with Crippen molar-refractivity contribution >= 4 is 6.29 Å². The lowest BCUT2D eigenvalue weighted by Gasteiger charge is -2.33. The zero-order valence-electron chi connectivity index (χ0n) is 8.57. The topological polar surface area (TPSA) is 49.3 Å². The van der Waals surface area contributed by atoms with Crippen LogP contribution in [0.15, 0.2) is 24.3 Å². The zero-order valence-corrected chi connectivity index (χ0v) is 8.57. The van der Waals surface area contributed by atoms with Gasteiger partial charge in [-0.15, -0.1) is 0 Å². The van der Waals surface area contributed by atoms with Gasteiger partial charge in [-0.05, 0) is 31.0 Å². The van der Waals surface area contributed by atoms with Gasteiger partial charge in [-0.25, -0.2) is 0 Å². The normalized spacial score (nSPS) is 26.2. The van der Waals surface area contributed by atoms with Crippen molar-refractivity contribution in [2.75, 3.05) is 13.1 Å². The predicted molar refractivity (Wildman–Crippen MR) is 57.8 cm³/mol. The summed E-state index contributed by atoms with van der Waals surface area (Å²) in [5.74, 6) is 0. The molecule has 1 aromatic carbocycles. The maximum atomic E-state index is 10.6. The molecule has 3 nitrogen and oxygen atoms in total. The molecule has 0 spiro atoms. The molecule has 80 valence electrons. The van der Waals surface area contributed by atoms with Crippen LogP contribution in [0.2, 0.25) is 0 Å². The van der Waals surface area contributed by atoms with E-state index in [-0.39, 0.29) is 0 Å². The number of aliphatic hydroxyl groups is 1. The molecule has 3 heteroatoms. The van der Waals surface area contributed by atoms with E-state index in [1.54, 1.807) is 12.1 Å². The number of carbonyl (C=O) groups excluding carboxylic acids is 1. The summed E-state index contributed by atoms with van der Waals surface area (Å²) in [6.07, 6.45) is 2.52. The second-order valence-electron chi connectivity index (χ2n) is 4.06. The molecule has 1 aromatic rings. The van der Waals surface area contributed by atoms with E-state index in [0.717, 1.165) is 31.2 Å². The van der Waals surface area contributed by atoms with Crippen LogP contribution in [-0.4, -0.2) is 24.5 Å². The Bertz CT molecular complexity index is 356. The van der Waals surface area contributed by atoms with E-state index in [4.69, 9.17) is 0 Å². The van der Waals surface area contributed by atoms with E-state index < -0.39 is 5.60 Å². The first-order chi connectivity index (χ1) is 7.24. The monoisotopic (exact) mass is 205 g/mol. The highest BCUT2D eigenvalue weighted by Crippen LogP contribution is 2.28. The van der Waals surface area contributed by atoms with Crippen LogP contribution in [0.1, 0.15) is 28.8 Å². The van der Waals surface area contributed by atoms with Crippen LogP contribution in [0.3, 0.4) is 0 Å². The Hall–Kier alpha value is -1.19. The lowest BCUT2D eigenvalue weighted by molar-refractivity contribution is 0.0123. The first-order valence-corrected chi connectivity index (χ1v) is 5.23. The van der Waals surface area contributed by atoms with Crippen LogP contribution in [-0.2, 0) is 5.60 Å². The number of aldehydes is 1. The van der Waals surface area contributed by atoms with Crippen molar-refractivity contribution in [1.29, 1.82) is 0 Å². The molecule has 1 aliphatic heterocycles. The van der Waals surface area contributed by atoms with E-state index in [0.29, 0.717) is 12.1 Å². The Morgan fingerprint density at radius 2 is 2.33 bits per heavy atom. The average Bonchev–Trinajstić information content (AvgIpc) is 2.30. The van der Waals surface area contributed by atoms with Crippen LogP contribution in [0.4, 0.5) is 0 Å². The van der Waals surface area contributed by atoms with Gasteiger partial charge in [0.1, 0.15) is 11.9 Å². The number of β-amino-alcohol motifs (C(OH)–C–C–N with tert-alkyl or cyclic N) is 1. The summed E-state index contributed by atoms with van der Waals surface area (Å²) in [6.45, 7) is 1.52. The van der Waals surface area contributed by atoms with Crippen molar-refractivity contribution < 1.29 is 9.90 Å². The van der Waals surface area contributed by atoms with E-state index in [1.165, 1.54) is 0 Å². The SMILES string of the molecule is O=Cc1cccc(C2(O)CCCNC2)c1. The molecule has 0 aliphatic carbocycles. The largest absolute Gasteiger partial charge is 0.384 e. The number of nitrogens with one attached hydrogen (secondary N) is 1. The van der Waals surface area contributed by atoms with Gasteiger partial charge in [0.15, 0.2) is 0 Å². The Morgan fingerprint density at radius 1 is 1.47 bits per heavy atom. The molecule has 2 rings (SSSR count). The first kappa shape index (κ1) is 10.3. The maximum absolute atomic E-state index is 10.6. The predicted octanol–water partition coefficient (Wildman–Crippen LogP) is 1.07. The molecule has 1 unspecified atom stereocenters. The van der Waals surface area contributed by atoms with Gasteiger partial charge < -0.3 is 10.4 Å². The molecule has 1 heterocycles. The van der Waals surface area contributed by atoms with Crippen molar-refractivity contribution in [3.05, 3.63) is 35.4 Å². The van der Waals surface area contributed by atoms with Crippen LogP contribution >= 0.6 is 0 Å². The van der Waals surface area contributed by atoms with Crippen LogP contribution < -0.4 is 5.32 Å². The molecule has 2 N–H and O–H groups in total. The lowest BCUT2D eigenvalue weighted by Crippen LogP contribution is -2.43. The Kier molecular flexibility index (Phi) is 2.84. The molecular weight excluding hydrogens is 190 g/mol. The number of piperidine rings is 1. The zero-order chi connectivity index (χ0) is 10.7. The second-order valence-corrected chi connectivity index (χ2v) is 4.06. The molecule has 1 fully saturated rings. The molecule has 15 heavy (non-hydrogen) atoms. The summed E-state index contributed by atoms with van der Waals surface area (Å²) in [7, 11) is 0. The number of hydrogen-bond acceptors (Lipinski definition) is 3. The summed E-state index contributed by atoms with van der Waals surface area (Å²) in [5.41, 5.74) is 0.642. The fourth-order valence-corrected chi connectivity index (χ4v) is 2.04. The van der Waals surface area contributed by atoms with Gasteiger partial charge in [-0.1, -0.05) is 18.2 Å². The van der Waals surface area contributed by atoms with Crippen molar-refractivity contribution in [1.82, 2.24) is 5.32 Å². The Labute approximate surface area is 89.1 Å². The molecule has 1 aliphatic rings. The smallest absolute Gasteiger partial charge is 0.150 e. The minimum atomic E-state index is -0.808. The first-order valence-electron chi connectivity index (χ1n) is 5.23. The quantitative estimate of drug-likeness (QED) is 0.710. The summed E-state index contributed by atoms with van der Waals surface area (Å²) >= 11 is 0. The number of carbonyl (C=O) groups is 1. The van der Waals surface area contributed by atoms with Gasteiger partial charge >= 0.3 is 0 Å². The summed E-state index contributed by atoms with van der Waals surface area (Å²) in [6, 6.07) is 7.20. The minimum Gasteiger partial charge on any atom is -0.384 e. The molecule has 1 atom stereocenters. The molecule has 0 aromatic heterocycles. The summed E-state index contributed by atoms with van der Waals surface area (Å²) in [5, 5.41) is 13.6. The fourth-order valence-electron chi connectivity index (χ4n) is 2.04. The van der Waals surface area contributed by atoms with Gasteiger partial charge in [0.2, 0.25) is 0 Å². The Morgan fingerprint density at radius 3 is 3.00 bits per heavy atom. The fraction of sp³-hybridized carbons (Fsp3) is 0.417. The minimum absolute atomic E-state index is 0.565. The highest BCUT2D eigenvalue weighted by molar-refractivity contribution is 5.75. The van der Waals surface area contributed by atoms with Gasteiger partial charge in [-0.2, -0.15) is 0 Å². The van der Waals surface area contributed by atoms with Crippen molar-refractivity contribution in [3.8, 4) is 0 Å². The van der Waals surface area contributed by atoms with E-state index in [2.05, 4.69) is 5.32 Å². The van der Waals surface area contributed by atoms with Crippen molar-refractivity contribution in [3.63, 3.8) is 0 Å². The number of hydrogen-bond donors (Lipinski definition) is 2. The molecule has 0 saturated carbocycles. The van der Waals surface area contributed by atoms with Gasteiger partial charge in [0.25, 0.3) is 0 Å². The van der Waals surface area contributed by atoms with Crippen molar-refractivity contribution in [2.24, 2.45) is 0 Å². The third-order valence-electron chi connectivity index (χ3n) is 2.92. The molecule has 0 bridgehead atoms. The van der Waals surface area contributed by atoms with E-state index >= 15 is 0 Å². The van der Waals surface area contributed by atoms with Gasteiger partial charge in [-0.3, -0.25) is 4.79 Å². The molecular formula is C12H15NO2. The standard InChI is InChI=1S/C12H15NO2/c14-8-10-3-1-4-11(7-10)12(15)5-2-6-13-9-12/h1,3-4,7-8,13,15H,2,5-6,9H2. The molecule has 0 amide bonds. The summed E-state index contributed by atoms with van der Waals surface area (Å²) in [4.78, 5) is 10.6. The highest BCUT2D eigenvalue weighted by atomic mass is 16.3. The van der Waals surface area contributed by atoms with Crippen LogP contribution in [0.5, 0.6) is 0 Å². The molecule has 0 radical (unpaired) electrons. The third kappa shape index (κ3) is 2.08. The Balaban J connectivity index is 2.30. The average molecular weight is 205 g/mol. The van der Waals surface area contributed by atoms with E-state index in [1.807, 2.05) is 12.1 Å². The van der Waals surface area contributed by atoms with Crippen LogP contribution in [0, 0.1) is 0 Å². The van der Waals surface area contributed by atoms with Gasteiger partial charge in [0, 0.05) is 12.1 Å². The van der Waals surface area contributed by atoms with Crippen LogP contribution in [0.25, 0.3) is 0 Å². The van der Waals surface area contributed by atoms with E-state index in [9.17, 15) is 9.90 Å². The third-order valence-corrected chi connectivity index (χ3v) is 2.92. The van der Waals surface area contributed by atoms with Crippen molar-refractivity contribution in [2.45, 2.75) is 18.4 Å². The summed E-state index contributed by atoms with van der Waals surface area (Å²) < 4.78 is 0. The highest BCUT2D eigenvalue weighted by Gasteiger charge is 2.30.